The van der Waals surface area contributed by atoms with E-state index in [-0.39, 0.29) is 5.91 Å². The van der Waals surface area contributed by atoms with Gasteiger partial charge in [-0.05, 0) is 50.2 Å². The molecule has 2 rings (SSSR count). The van der Waals surface area contributed by atoms with Crippen LogP contribution in [0.15, 0.2) is 24.3 Å². The summed E-state index contributed by atoms with van der Waals surface area (Å²) in [4.78, 5) is 11.9. The SMILES string of the molecule is Nc1ccc(C(=O)NC2CCNCC2)cc1. The van der Waals surface area contributed by atoms with Crippen molar-refractivity contribution in [3.8, 4) is 0 Å². The Labute approximate surface area is 95.2 Å². The van der Waals surface area contributed by atoms with E-state index in [1.807, 2.05) is 0 Å². The van der Waals surface area contributed by atoms with Gasteiger partial charge in [-0.3, -0.25) is 4.79 Å². The van der Waals surface area contributed by atoms with Crippen molar-refractivity contribution in [1.29, 1.82) is 0 Å². The van der Waals surface area contributed by atoms with Crippen molar-refractivity contribution >= 4 is 11.6 Å². The van der Waals surface area contributed by atoms with Crippen LogP contribution in [0.1, 0.15) is 23.2 Å². The lowest BCUT2D eigenvalue weighted by atomic mass is 10.1. The first-order valence-corrected chi connectivity index (χ1v) is 5.63. The second-order valence-corrected chi connectivity index (χ2v) is 4.12. The van der Waals surface area contributed by atoms with E-state index in [4.69, 9.17) is 5.73 Å². The highest BCUT2D eigenvalue weighted by Gasteiger charge is 2.15. The Balaban J connectivity index is 1.94. The summed E-state index contributed by atoms with van der Waals surface area (Å²) in [5.41, 5.74) is 6.92. The van der Waals surface area contributed by atoms with Gasteiger partial charge in [0.2, 0.25) is 0 Å². The molecule has 0 saturated carbocycles. The monoisotopic (exact) mass is 219 g/mol. The lowest BCUT2D eigenvalue weighted by Crippen LogP contribution is -2.42. The van der Waals surface area contributed by atoms with Crippen LogP contribution in [-0.4, -0.2) is 25.0 Å². The highest BCUT2D eigenvalue weighted by molar-refractivity contribution is 5.94. The van der Waals surface area contributed by atoms with Gasteiger partial charge in [0, 0.05) is 17.3 Å². The van der Waals surface area contributed by atoms with Crippen LogP contribution < -0.4 is 16.4 Å². The third kappa shape index (κ3) is 2.73. The van der Waals surface area contributed by atoms with Gasteiger partial charge < -0.3 is 16.4 Å². The van der Waals surface area contributed by atoms with Gasteiger partial charge in [-0.15, -0.1) is 0 Å². The first-order valence-electron chi connectivity index (χ1n) is 5.63. The summed E-state index contributed by atoms with van der Waals surface area (Å²) >= 11 is 0. The number of hydrogen-bond acceptors (Lipinski definition) is 3. The van der Waals surface area contributed by atoms with Gasteiger partial charge in [0.1, 0.15) is 0 Å². The minimum Gasteiger partial charge on any atom is -0.399 e. The molecule has 1 saturated heterocycles. The van der Waals surface area contributed by atoms with Gasteiger partial charge in [0.25, 0.3) is 5.91 Å². The number of nitrogen functional groups attached to an aromatic ring is 1. The van der Waals surface area contributed by atoms with Crippen LogP contribution in [0.25, 0.3) is 0 Å². The van der Waals surface area contributed by atoms with Gasteiger partial charge in [-0.2, -0.15) is 0 Å². The van der Waals surface area contributed by atoms with Crippen LogP contribution in [-0.2, 0) is 0 Å². The summed E-state index contributed by atoms with van der Waals surface area (Å²) in [7, 11) is 0. The molecule has 16 heavy (non-hydrogen) atoms. The zero-order chi connectivity index (χ0) is 11.4. The Morgan fingerprint density at radius 3 is 2.50 bits per heavy atom. The molecular formula is C12H17N3O. The molecule has 0 bridgehead atoms. The summed E-state index contributed by atoms with van der Waals surface area (Å²) in [5, 5.41) is 6.30. The molecule has 4 heteroatoms. The molecule has 0 unspecified atom stereocenters. The van der Waals surface area contributed by atoms with Gasteiger partial charge >= 0.3 is 0 Å². The topological polar surface area (TPSA) is 67.2 Å². The number of benzene rings is 1. The highest BCUT2D eigenvalue weighted by Crippen LogP contribution is 2.07. The smallest absolute Gasteiger partial charge is 0.251 e. The minimum absolute atomic E-state index is 0.00750. The Morgan fingerprint density at radius 2 is 1.88 bits per heavy atom. The normalized spacial score (nSPS) is 17.0. The van der Waals surface area contributed by atoms with Gasteiger partial charge in [-0.1, -0.05) is 0 Å². The van der Waals surface area contributed by atoms with Gasteiger partial charge in [0.15, 0.2) is 0 Å². The maximum atomic E-state index is 11.9. The number of nitrogens with two attached hydrogens (primary N) is 1. The van der Waals surface area contributed by atoms with E-state index < -0.39 is 0 Å². The van der Waals surface area contributed by atoms with E-state index in [0.29, 0.717) is 17.3 Å². The maximum Gasteiger partial charge on any atom is 0.251 e. The zero-order valence-electron chi connectivity index (χ0n) is 9.20. The minimum atomic E-state index is -0.00750. The summed E-state index contributed by atoms with van der Waals surface area (Å²) < 4.78 is 0. The first-order chi connectivity index (χ1) is 7.75. The molecule has 1 amide bonds. The number of rotatable bonds is 2. The third-order valence-electron chi connectivity index (χ3n) is 2.85. The Bertz CT molecular complexity index is 355. The fourth-order valence-electron chi connectivity index (χ4n) is 1.87. The maximum absolute atomic E-state index is 11.9. The molecular weight excluding hydrogens is 202 g/mol. The van der Waals surface area contributed by atoms with E-state index in [9.17, 15) is 4.79 Å². The molecule has 0 atom stereocenters. The van der Waals surface area contributed by atoms with Gasteiger partial charge in [-0.25, -0.2) is 0 Å². The number of carbonyl (C=O) groups is 1. The number of piperidine rings is 1. The molecule has 0 radical (unpaired) electrons. The molecule has 0 aliphatic carbocycles. The molecule has 1 aromatic rings. The van der Waals surface area contributed by atoms with E-state index in [1.165, 1.54) is 0 Å². The quantitative estimate of drug-likeness (QED) is 0.643. The fourth-order valence-corrected chi connectivity index (χ4v) is 1.87. The van der Waals surface area contributed by atoms with Crippen LogP contribution >= 0.6 is 0 Å². The van der Waals surface area contributed by atoms with Crippen molar-refractivity contribution in [3.63, 3.8) is 0 Å². The van der Waals surface area contributed by atoms with Crippen molar-refractivity contribution in [2.45, 2.75) is 18.9 Å². The van der Waals surface area contributed by atoms with Crippen LogP contribution in [0.2, 0.25) is 0 Å². The molecule has 1 aliphatic rings. The Hall–Kier alpha value is -1.55. The van der Waals surface area contributed by atoms with Gasteiger partial charge in [0.05, 0.1) is 0 Å². The molecule has 0 spiro atoms. The molecule has 86 valence electrons. The van der Waals surface area contributed by atoms with Crippen molar-refractivity contribution in [2.24, 2.45) is 0 Å². The average Bonchev–Trinajstić information content (AvgIpc) is 2.31. The second-order valence-electron chi connectivity index (χ2n) is 4.12. The lowest BCUT2D eigenvalue weighted by Gasteiger charge is -2.23. The number of carbonyl (C=O) groups excluding carboxylic acids is 1. The van der Waals surface area contributed by atoms with E-state index in [0.717, 1.165) is 25.9 Å². The predicted octanol–water partition coefficient (Wildman–Crippen LogP) is 0.751. The molecule has 1 aromatic carbocycles. The largest absolute Gasteiger partial charge is 0.399 e. The molecule has 4 N–H and O–H groups in total. The molecule has 1 fully saturated rings. The number of nitrogens with one attached hydrogen (secondary N) is 2. The Kier molecular flexibility index (Phi) is 3.41. The predicted molar refractivity (Wildman–Crippen MR) is 64.2 cm³/mol. The van der Waals surface area contributed by atoms with E-state index in [1.54, 1.807) is 24.3 Å². The van der Waals surface area contributed by atoms with Crippen LogP contribution in [0.3, 0.4) is 0 Å². The van der Waals surface area contributed by atoms with Crippen molar-refractivity contribution < 1.29 is 4.79 Å². The lowest BCUT2D eigenvalue weighted by molar-refractivity contribution is 0.0929. The van der Waals surface area contributed by atoms with Crippen LogP contribution in [0.4, 0.5) is 5.69 Å². The third-order valence-corrected chi connectivity index (χ3v) is 2.85. The van der Waals surface area contributed by atoms with Crippen molar-refractivity contribution in [3.05, 3.63) is 29.8 Å². The van der Waals surface area contributed by atoms with E-state index in [2.05, 4.69) is 10.6 Å². The number of anilines is 1. The zero-order valence-corrected chi connectivity index (χ0v) is 9.20. The standard InChI is InChI=1S/C12H17N3O/c13-10-3-1-9(2-4-10)12(16)15-11-5-7-14-8-6-11/h1-4,11,14H,5-8,13H2,(H,15,16). The summed E-state index contributed by atoms with van der Waals surface area (Å²) in [5.74, 6) is -0.00750. The fraction of sp³-hybridized carbons (Fsp3) is 0.417. The van der Waals surface area contributed by atoms with Crippen LogP contribution in [0, 0.1) is 0 Å². The molecule has 1 aliphatic heterocycles. The molecule has 1 heterocycles. The number of hydrogen-bond donors (Lipinski definition) is 3. The second kappa shape index (κ2) is 4.99. The van der Waals surface area contributed by atoms with E-state index >= 15 is 0 Å². The summed E-state index contributed by atoms with van der Waals surface area (Å²) in [6.45, 7) is 1.96. The molecule has 0 aromatic heterocycles. The summed E-state index contributed by atoms with van der Waals surface area (Å²) in [6.07, 6.45) is 2.00. The first kappa shape index (κ1) is 11.0. The van der Waals surface area contributed by atoms with Crippen LogP contribution in [0.5, 0.6) is 0 Å². The van der Waals surface area contributed by atoms with Crippen molar-refractivity contribution in [2.75, 3.05) is 18.8 Å². The number of amides is 1. The Morgan fingerprint density at radius 1 is 1.25 bits per heavy atom. The molecule has 4 nitrogen and oxygen atoms in total. The highest BCUT2D eigenvalue weighted by atomic mass is 16.1. The van der Waals surface area contributed by atoms with Crippen molar-refractivity contribution in [1.82, 2.24) is 10.6 Å². The summed E-state index contributed by atoms with van der Waals surface area (Å²) in [6, 6.07) is 7.30. The average molecular weight is 219 g/mol.